The summed E-state index contributed by atoms with van der Waals surface area (Å²) in [6, 6.07) is 7.67. The molecule has 1 aromatic carbocycles. The number of benzene rings is 1. The Hall–Kier alpha value is -2.24. The molecule has 26 heavy (non-hydrogen) atoms. The van der Waals surface area contributed by atoms with E-state index in [0.29, 0.717) is 17.4 Å². The molecule has 2 N–H and O–H groups in total. The molecule has 136 valence electrons. The molecule has 0 saturated carbocycles. The lowest BCUT2D eigenvalue weighted by Crippen LogP contribution is -2.37. The summed E-state index contributed by atoms with van der Waals surface area (Å²) in [5, 5.41) is 10.4. The molecule has 0 bridgehead atoms. The standard InChI is InChI=1S/C17H15FIN3O4/c18-13-9-12(19)2-3-14(13)21-22(25-7-1-6-23)17(24)16-8-11-10-20-5-4-15(11)26-16/h2-5,8-10,21,23H,1,6-7H2. The summed E-state index contributed by atoms with van der Waals surface area (Å²) in [4.78, 5) is 22.1. The minimum absolute atomic E-state index is 0.00965. The minimum Gasteiger partial charge on any atom is -0.451 e. The predicted octanol–water partition coefficient (Wildman–Crippen LogP) is 3.35. The van der Waals surface area contributed by atoms with Crippen LogP contribution < -0.4 is 5.43 Å². The second kappa shape index (κ2) is 8.43. The Labute approximate surface area is 161 Å². The summed E-state index contributed by atoms with van der Waals surface area (Å²) >= 11 is 1.99. The highest BCUT2D eigenvalue weighted by Crippen LogP contribution is 2.22. The normalized spacial score (nSPS) is 10.9. The van der Waals surface area contributed by atoms with Gasteiger partial charge in [-0.2, -0.15) is 0 Å². The number of hydrazine groups is 1. The molecule has 2 aromatic heterocycles. The van der Waals surface area contributed by atoms with Gasteiger partial charge in [-0.3, -0.25) is 20.0 Å². The number of nitrogens with one attached hydrogen (secondary N) is 1. The number of hydrogen-bond donors (Lipinski definition) is 2. The molecule has 0 aliphatic heterocycles. The van der Waals surface area contributed by atoms with E-state index in [1.54, 1.807) is 24.5 Å². The molecule has 0 aliphatic carbocycles. The van der Waals surface area contributed by atoms with Crippen LogP contribution in [0.4, 0.5) is 10.1 Å². The van der Waals surface area contributed by atoms with Crippen molar-refractivity contribution in [1.29, 1.82) is 0 Å². The molecule has 0 spiro atoms. The molecular weight excluding hydrogens is 456 g/mol. The first-order valence-corrected chi connectivity index (χ1v) is 8.80. The van der Waals surface area contributed by atoms with Crippen molar-refractivity contribution in [3.8, 4) is 0 Å². The molecule has 3 aromatic rings. The Morgan fingerprint density at radius 1 is 1.38 bits per heavy atom. The zero-order chi connectivity index (χ0) is 18.5. The van der Waals surface area contributed by atoms with Crippen molar-refractivity contribution in [2.45, 2.75) is 6.42 Å². The van der Waals surface area contributed by atoms with Gasteiger partial charge in [-0.05, 0) is 59.3 Å². The third-order valence-electron chi connectivity index (χ3n) is 3.39. The lowest BCUT2D eigenvalue weighted by molar-refractivity contribution is -0.110. The van der Waals surface area contributed by atoms with Gasteiger partial charge in [0.2, 0.25) is 0 Å². The van der Waals surface area contributed by atoms with E-state index < -0.39 is 11.7 Å². The van der Waals surface area contributed by atoms with Crippen molar-refractivity contribution in [1.82, 2.24) is 10.2 Å². The molecular formula is C17H15FIN3O4. The number of hydroxylamine groups is 1. The number of furan rings is 1. The van der Waals surface area contributed by atoms with E-state index in [-0.39, 0.29) is 24.7 Å². The number of amides is 1. The van der Waals surface area contributed by atoms with Gasteiger partial charge >= 0.3 is 5.91 Å². The number of fused-ring (bicyclic) bond motifs is 1. The van der Waals surface area contributed by atoms with Gasteiger partial charge in [0, 0.05) is 28.0 Å². The summed E-state index contributed by atoms with van der Waals surface area (Å²) in [6.07, 6.45) is 3.43. The van der Waals surface area contributed by atoms with Crippen molar-refractivity contribution in [2.24, 2.45) is 0 Å². The molecule has 2 heterocycles. The van der Waals surface area contributed by atoms with Gasteiger partial charge in [-0.15, -0.1) is 5.17 Å². The van der Waals surface area contributed by atoms with Gasteiger partial charge < -0.3 is 9.52 Å². The fourth-order valence-corrected chi connectivity index (χ4v) is 2.59. The molecule has 0 fully saturated rings. The number of aliphatic hydroxyl groups is 1. The second-order valence-electron chi connectivity index (χ2n) is 5.27. The number of nitrogens with zero attached hydrogens (tertiary/aromatic N) is 2. The lowest BCUT2D eigenvalue weighted by Gasteiger charge is -2.22. The highest BCUT2D eigenvalue weighted by molar-refractivity contribution is 14.1. The summed E-state index contributed by atoms with van der Waals surface area (Å²) in [5.74, 6) is -1.17. The van der Waals surface area contributed by atoms with Crippen LogP contribution in [0.1, 0.15) is 17.0 Å². The quantitative estimate of drug-likeness (QED) is 0.312. The molecule has 9 heteroatoms. The number of anilines is 1. The number of hydrogen-bond acceptors (Lipinski definition) is 6. The fraction of sp³-hybridized carbons (Fsp3) is 0.176. The number of carbonyl (C=O) groups excluding carboxylic acids is 1. The average Bonchev–Trinajstić information content (AvgIpc) is 3.06. The highest BCUT2D eigenvalue weighted by atomic mass is 127. The molecule has 3 rings (SSSR count). The number of pyridine rings is 1. The van der Waals surface area contributed by atoms with Gasteiger partial charge in [0.15, 0.2) is 5.76 Å². The van der Waals surface area contributed by atoms with Crippen molar-refractivity contribution in [2.75, 3.05) is 18.6 Å². The van der Waals surface area contributed by atoms with Crippen molar-refractivity contribution in [3.05, 3.63) is 57.9 Å². The van der Waals surface area contributed by atoms with Gasteiger partial charge in [0.25, 0.3) is 0 Å². The average molecular weight is 471 g/mol. The smallest absolute Gasteiger partial charge is 0.332 e. The third kappa shape index (κ3) is 4.29. The van der Waals surface area contributed by atoms with Crippen LogP contribution in [0.15, 0.2) is 47.1 Å². The summed E-state index contributed by atoms with van der Waals surface area (Å²) < 4.78 is 20.3. The third-order valence-corrected chi connectivity index (χ3v) is 4.06. The minimum atomic E-state index is -0.642. The first-order valence-electron chi connectivity index (χ1n) is 7.72. The van der Waals surface area contributed by atoms with E-state index in [0.717, 1.165) is 8.74 Å². The van der Waals surface area contributed by atoms with Crippen molar-refractivity contribution < 1.29 is 23.5 Å². The van der Waals surface area contributed by atoms with Crippen LogP contribution in [0, 0.1) is 9.39 Å². The van der Waals surface area contributed by atoms with E-state index in [1.807, 2.05) is 22.6 Å². The summed E-state index contributed by atoms with van der Waals surface area (Å²) in [6.45, 7) is -0.0424. The first-order chi connectivity index (χ1) is 12.6. The maximum Gasteiger partial charge on any atom is 0.332 e. The van der Waals surface area contributed by atoms with Gasteiger partial charge in [0.05, 0.1) is 12.3 Å². The topological polar surface area (TPSA) is 87.8 Å². The van der Waals surface area contributed by atoms with Gasteiger partial charge in [0.1, 0.15) is 11.4 Å². The zero-order valence-electron chi connectivity index (χ0n) is 13.5. The van der Waals surface area contributed by atoms with Crippen molar-refractivity contribution in [3.63, 3.8) is 0 Å². The molecule has 0 saturated heterocycles. The van der Waals surface area contributed by atoms with E-state index in [9.17, 15) is 9.18 Å². The molecule has 1 amide bonds. The Kier molecular flexibility index (Phi) is 6.01. The largest absolute Gasteiger partial charge is 0.451 e. The van der Waals surface area contributed by atoms with E-state index in [1.165, 1.54) is 18.2 Å². The second-order valence-corrected chi connectivity index (χ2v) is 6.52. The number of aliphatic hydroxyl groups excluding tert-OH is 1. The lowest BCUT2D eigenvalue weighted by atomic mass is 10.3. The van der Waals surface area contributed by atoms with Crippen LogP contribution >= 0.6 is 22.6 Å². The highest BCUT2D eigenvalue weighted by Gasteiger charge is 2.22. The Bertz CT molecular complexity index is 885. The van der Waals surface area contributed by atoms with Crippen molar-refractivity contribution >= 4 is 45.2 Å². The van der Waals surface area contributed by atoms with E-state index in [4.69, 9.17) is 14.4 Å². The zero-order valence-corrected chi connectivity index (χ0v) is 15.6. The number of halogens is 2. The predicted molar refractivity (Wildman–Crippen MR) is 101 cm³/mol. The molecule has 0 atom stereocenters. The number of aromatic nitrogens is 1. The fourth-order valence-electron chi connectivity index (χ4n) is 2.14. The van der Waals surface area contributed by atoms with Crippen LogP contribution in [0.25, 0.3) is 11.0 Å². The number of carbonyl (C=O) groups is 1. The van der Waals surface area contributed by atoms with Gasteiger partial charge in [-0.25, -0.2) is 4.39 Å². The van der Waals surface area contributed by atoms with E-state index in [2.05, 4.69) is 10.4 Å². The van der Waals surface area contributed by atoms with E-state index >= 15 is 0 Å². The van der Waals surface area contributed by atoms with Crippen LogP contribution in [0.2, 0.25) is 0 Å². The molecule has 7 nitrogen and oxygen atoms in total. The maximum absolute atomic E-state index is 14.1. The molecule has 0 aliphatic rings. The molecule has 0 radical (unpaired) electrons. The van der Waals surface area contributed by atoms with Crippen LogP contribution in [0.5, 0.6) is 0 Å². The van der Waals surface area contributed by atoms with Crippen LogP contribution in [-0.4, -0.2) is 34.4 Å². The Balaban J connectivity index is 1.85. The SMILES string of the molecule is O=C(c1cc2cnccc2o1)N(Nc1ccc(I)cc1F)OCCCO. The first kappa shape index (κ1) is 18.5. The summed E-state index contributed by atoms with van der Waals surface area (Å²) in [5.41, 5.74) is 3.17. The molecule has 0 unspecified atom stereocenters. The Morgan fingerprint density at radius 2 is 2.23 bits per heavy atom. The maximum atomic E-state index is 14.1. The van der Waals surface area contributed by atoms with Crippen LogP contribution in [0.3, 0.4) is 0 Å². The monoisotopic (exact) mass is 471 g/mol. The van der Waals surface area contributed by atoms with Gasteiger partial charge in [-0.1, -0.05) is 0 Å². The Morgan fingerprint density at radius 3 is 2.96 bits per heavy atom. The summed E-state index contributed by atoms with van der Waals surface area (Å²) in [7, 11) is 0. The number of rotatable bonds is 7. The van der Waals surface area contributed by atoms with Crippen LogP contribution in [-0.2, 0) is 4.84 Å².